The van der Waals surface area contributed by atoms with Gasteiger partial charge in [0.1, 0.15) is 13.2 Å². The largest absolute Gasteiger partial charge is 0.462 e. The Morgan fingerprint density at radius 2 is 0.639 bits per heavy atom. The van der Waals surface area contributed by atoms with E-state index in [2.05, 4.69) is 81.5 Å². The van der Waals surface area contributed by atoms with Crippen molar-refractivity contribution in [2.45, 2.75) is 258 Å². The fraction of sp³-hybridized carbons (Fsp3) is 0.764. The van der Waals surface area contributed by atoms with Gasteiger partial charge in [0, 0.05) is 19.3 Å². The normalized spacial score (nSPS) is 12.5. The lowest BCUT2D eigenvalue weighted by molar-refractivity contribution is -0.167. The SMILES string of the molecule is CC/C=C\C/C=C\C/C=C\C/C=C\CCCCC(=O)O[C@H](COC(=O)CCCCCCCCC/C=C\CCCCCCCC)COC(=O)CCCCCCCCCCCCC. The van der Waals surface area contributed by atoms with E-state index >= 15 is 0 Å². The van der Waals surface area contributed by atoms with Crippen molar-refractivity contribution in [2.75, 3.05) is 13.2 Å². The highest BCUT2D eigenvalue weighted by molar-refractivity contribution is 5.71. The van der Waals surface area contributed by atoms with E-state index < -0.39 is 6.10 Å². The van der Waals surface area contributed by atoms with Crippen molar-refractivity contribution in [1.29, 1.82) is 0 Å². The Balaban J connectivity index is 4.41. The second-order valence-electron chi connectivity index (χ2n) is 17.1. The highest BCUT2D eigenvalue weighted by Crippen LogP contribution is 2.14. The summed E-state index contributed by atoms with van der Waals surface area (Å²) in [5, 5.41) is 0. The lowest BCUT2D eigenvalue weighted by atomic mass is 10.1. The van der Waals surface area contributed by atoms with E-state index in [-0.39, 0.29) is 37.5 Å². The van der Waals surface area contributed by atoms with Gasteiger partial charge in [-0.3, -0.25) is 14.4 Å². The molecule has 0 aromatic rings. The summed E-state index contributed by atoms with van der Waals surface area (Å²) in [6.45, 7) is 6.48. The molecule has 0 amide bonds. The van der Waals surface area contributed by atoms with Crippen LogP contribution < -0.4 is 0 Å². The van der Waals surface area contributed by atoms with Crippen molar-refractivity contribution >= 4 is 17.9 Å². The molecular weight excluding hydrogens is 757 g/mol. The summed E-state index contributed by atoms with van der Waals surface area (Å²) >= 11 is 0. The number of ether oxygens (including phenoxy) is 3. The number of hydrogen-bond donors (Lipinski definition) is 0. The molecule has 0 aromatic heterocycles. The standard InChI is InChI=1S/C55H96O6/c1-4-7-10-13-16-19-22-24-26-27-29-30-33-36-39-42-45-48-54(57)60-51-52(50-59-53(56)47-44-41-38-35-32-21-18-15-12-9-6-3)61-55(58)49-46-43-40-37-34-31-28-25-23-20-17-14-11-8-5-2/h8,11,17,20,24-26,28,34,37,52H,4-7,9-10,12-16,18-19,21-23,27,29-33,35-36,38-51H2,1-3H3/b11-8-,20-17-,26-24-,28-25-,37-34-/t52-/m0/s1. The third kappa shape index (κ3) is 48.0. The third-order valence-corrected chi connectivity index (χ3v) is 11.0. The first-order valence-corrected chi connectivity index (χ1v) is 25.8. The van der Waals surface area contributed by atoms with Gasteiger partial charge >= 0.3 is 17.9 Å². The second-order valence-corrected chi connectivity index (χ2v) is 17.1. The van der Waals surface area contributed by atoms with Crippen LogP contribution in [0, 0.1) is 0 Å². The summed E-state index contributed by atoms with van der Waals surface area (Å²) in [5.74, 6) is -0.933. The zero-order valence-corrected chi connectivity index (χ0v) is 40.2. The summed E-state index contributed by atoms with van der Waals surface area (Å²) in [4.78, 5) is 37.9. The molecule has 6 heteroatoms. The Kier molecular flexibility index (Phi) is 47.4. The maximum Gasteiger partial charge on any atom is 0.306 e. The topological polar surface area (TPSA) is 78.9 Å². The number of allylic oxidation sites excluding steroid dienone is 10. The summed E-state index contributed by atoms with van der Waals surface area (Å²) in [6, 6.07) is 0. The zero-order valence-electron chi connectivity index (χ0n) is 40.2. The van der Waals surface area contributed by atoms with E-state index in [1.54, 1.807) is 0 Å². The van der Waals surface area contributed by atoms with Crippen LogP contribution in [0.4, 0.5) is 0 Å². The van der Waals surface area contributed by atoms with Crippen LogP contribution in [0.5, 0.6) is 0 Å². The molecule has 0 rings (SSSR count). The van der Waals surface area contributed by atoms with Crippen molar-refractivity contribution in [3.8, 4) is 0 Å². The van der Waals surface area contributed by atoms with Gasteiger partial charge in [-0.2, -0.15) is 0 Å². The molecule has 1 atom stereocenters. The van der Waals surface area contributed by atoms with Gasteiger partial charge in [-0.15, -0.1) is 0 Å². The average molecular weight is 853 g/mol. The van der Waals surface area contributed by atoms with E-state index in [0.717, 1.165) is 77.0 Å². The minimum absolute atomic E-state index is 0.0905. The monoisotopic (exact) mass is 853 g/mol. The van der Waals surface area contributed by atoms with Crippen LogP contribution in [-0.2, 0) is 28.6 Å². The van der Waals surface area contributed by atoms with E-state index in [9.17, 15) is 14.4 Å². The molecule has 61 heavy (non-hydrogen) atoms. The van der Waals surface area contributed by atoms with Crippen molar-refractivity contribution < 1.29 is 28.6 Å². The molecule has 0 N–H and O–H groups in total. The van der Waals surface area contributed by atoms with Gasteiger partial charge in [0.2, 0.25) is 0 Å². The predicted octanol–water partition coefficient (Wildman–Crippen LogP) is 16.9. The number of esters is 3. The fourth-order valence-corrected chi connectivity index (χ4v) is 7.13. The molecule has 0 saturated heterocycles. The Morgan fingerprint density at radius 1 is 0.344 bits per heavy atom. The lowest BCUT2D eigenvalue weighted by Gasteiger charge is -2.18. The third-order valence-electron chi connectivity index (χ3n) is 11.0. The number of carbonyl (C=O) groups is 3. The molecule has 0 saturated carbocycles. The molecule has 0 radical (unpaired) electrons. The highest BCUT2D eigenvalue weighted by atomic mass is 16.6. The molecule has 0 aliphatic carbocycles. The van der Waals surface area contributed by atoms with Gasteiger partial charge < -0.3 is 14.2 Å². The van der Waals surface area contributed by atoms with E-state index in [1.807, 2.05) is 0 Å². The highest BCUT2D eigenvalue weighted by Gasteiger charge is 2.19. The van der Waals surface area contributed by atoms with Gasteiger partial charge in [-0.25, -0.2) is 0 Å². The van der Waals surface area contributed by atoms with Crippen LogP contribution >= 0.6 is 0 Å². The van der Waals surface area contributed by atoms with E-state index in [0.29, 0.717) is 19.3 Å². The summed E-state index contributed by atoms with van der Waals surface area (Å²) in [5.41, 5.74) is 0. The quantitative estimate of drug-likeness (QED) is 0.0263. The molecule has 0 fully saturated rings. The lowest BCUT2D eigenvalue weighted by Crippen LogP contribution is -2.30. The minimum Gasteiger partial charge on any atom is -0.462 e. The van der Waals surface area contributed by atoms with Crippen molar-refractivity contribution in [3.63, 3.8) is 0 Å². The van der Waals surface area contributed by atoms with Crippen LogP contribution in [-0.4, -0.2) is 37.2 Å². The number of unbranched alkanes of at least 4 members (excludes halogenated alkanes) is 25. The maximum absolute atomic E-state index is 12.8. The molecular formula is C55H96O6. The van der Waals surface area contributed by atoms with Gasteiger partial charge in [-0.05, 0) is 83.5 Å². The number of carbonyl (C=O) groups excluding carboxylic acids is 3. The molecule has 0 aliphatic heterocycles. The molecule has 0 aromatic carbocycles. The van der Waals surface area contributed by atoms with E-state index in [1.165, 1.54) is 128 Å². The molecule has 352 valence electrons. The van der Waals surface area contributed by atoms with Crippen LogP contribution in [0.3, 0.4) is 0 Å². The van der Waals surface area contributed by atoms with Crippen molar-refractivity contribution in [2.24, 2.45) is 0 Å². The molecule has 0 bridgehead atoms. The van der Waals surface area contributed by atoms with Crippen LogP contribution in [0.25, 0.3) is 0 Å². The molecule has 0 spiro atoms. The van der Waals surface area contributed by atoms with Gasteiger partial charge in [-0.1, -0.05) is 210 Å². The minimum atomic E-state index is -0.794. The first kappa shape index (κ1) is 58.1. The predicted molar refractivity (Wildman–Crippen MR) is 261 cm³/mol. The van der Waals surface area contributed by atoms with Gasteiger partial charge in [0.25, 0.3) is 0 Å². The first-order valence-electron chi connectivity index (χ1n) is 25.8. The molecule has 0 heterocycles. The summed E-state index contributed by atoms with van der Waals surface area (Å²) in [7, 11) is 0. The van der Waals surface area contributed by atoms with Gasteiger partial charge in [0.05, 0.1) is 0 Å². The Bertz CT molecular complexity index is 1120. The van der Waals surface area contributed by atoms with Crippen LogP contribution in [0.15, 0.2) is 60.8 Å². The maximum atomic E-state index is 12.8. The fourth-order valence-electron chi connectivity index (χ4n) is 7.13. The Hall–Kier alpha value is -2.89. The summed E-state index contributed by atoms with van der Waals surface area (Å²) < 4.78 is 16.7. The second kappa shape index (κ2) is 49.8. The number of rotatable bonds is 46. The average Bonchev–Trinajstić information content (AvgIpc) is 3.26. The molecule has 0 unspecified atom stereocenters. The first-order chi connectivity index (χ1) is 30.0. The van der Waals surface area contributed by atoms with E-state index in [4.69, 9.17) is 14.2 Å². The zero-order chi connectivity index (χ0) is 44.4. The molecule has 0 aliphatic rings. The van der Waals surface area contributed by atoms with Crippen LogP contribution in [0.2, 0.25) is 0 Å². The smallest absolute Gasteiger partial charge is 0.306 e. The van der Waals surface area contributed by atoms with Crippen molar-refractivity contribution in [1.82, 2.24) is 0 Å². The Morgan fingerprint density at radius 3 is 1.05 bits per heavy atom. The van der Waals surface area contributed by atoms with Gasteiger partial charge in [0.15, 0.2) is 6.10 Å². The van der Waals surface area contributed by atoms with Crippen LogP contribution in [0.1, 0.15) is 252 Å². The summed E-state index contributed by atoms with van der Waals surface area (Å²) in [6.07, 6.45) is 60.6. The molecule has 6 nitrogen and oxygen atoms in total. The Labute approximate surface area is 377 Å². The van der Waals surface area contributed by atoms with Crippen molar-refractivity contribution in [3.05, 3.63) is 60.8 Å². The number of hydrogen-bond acceptors (Lipinski definition) is 6.